The average Bonchev–Trinajstić information content (AvgIpc) is 3.32. The van der Waals surface area contributed by atoms with Crippen molar-refractivity contribution in [2.75, 3.05) is 18.0 Å². The Labute approximate surface area is 183 Å². The summed E-state index contributed by atoms with van der Waals surface area (Å²) < 4.78 is 15.1. The van der Waals surface area contributed by atoms with Crippen LogP contribution in [0.5, 0.6) is 0 Å². The van der Waals surface area contributed by atoms with Gasteiger partial charge in [-0.25, -0.2) is 14.1 Å². The maximum atomic E-state index is 13.5. The Kier molecular flexibility index (Phi) is 5.09. The number of nitrogens with zero attached hydrogens (tertiary/aromatic N) is 4. The Morgan fingerprint density at radius 3 is 2.71 bits per heavy atom. The normalized spacial score (nSPS) is 15.1. The van der Waals surface area contributed by atoms with Crippen molar-refractivity contribution in [3.63, 3.8) is 0 Å². The monoisotopic (exact) mass is 437 g/mol. The average molecular weight is 438 g/mol. The van der Waals surface area contributed by atoms with Crippen LogP contribution in [-0.4, -0.2) is 32.8 Å². The van der Waals surface area contributed by atoms with E-state index < -0.39 is 0 Å². The van der Waals surface area contributed by atoms with Crippen LogP contribution in [0.1, 0.15) is 23.5 Å². The Morgan fingerprint density at radius 2 is 1.97 bits per heavy atom. The summed E-state index contributed by atoms with van der Waals surface area (Å²) in [5.41, 5.74) is 2.51. The molecular weight excluding hydrogens is 413 g/mol. The fraction of sp³-hybridized carbons (Fsp3) is 0.348. The van der Waals surface area contributed by atoms with E-state index in [9.17, 15) is 9.18 Å². The lowest BCUT2D eigenvalue weighted by Gasteiger charge is -2.32. The van der Waals surface area contributed by atoms with E-state index >= 15 is 0 Å². The first-order valence-corrected chi connectivity index (χ1v) is 11.3. The van der Waals surface area contributed by atoms with E-state index in [1.165, 1.54) is 12.1 Å². The van der Waals surface area contributed by atoms with E-state index in [1.807, 2.05) is 13.8 Å². The number of piperidine rings is 1. The lowest BCUT2D eigenvalue weighted by molar-refractivity contribution is 0.335. The highest BCUT2D eigenvalue weighted by Crippen LogP contribution is 2.29. The number of nitrogens with one attached hydrogen (secondary N) is 1. The summed E-state index contributed by atoms with van der Waals surface area (Å²) in [6.07, 6.45) is 1.95. The Morgan fingerprint density at radius 1 is 1.16 bits per heavy atom. The van der Waals surface area contributed by atoms with Gasteiger partial charge in [-0.1, -0.05) is 0 Å². The number of aromatic amines is 1. The molecule has 0 atom stereocenters. The van der Waals surface area contributed by atoms with Crippen LogP contribution in [0.4, 0.5) is 10.2 Å². The van der Waals surface area contributed by atoms with Gasteiger partial charge in [-0.15, -0.1) is 11.3 Å². The molecule has 3 aromatic heterocycles. The highest BCUT2D eigenvalue weighted by Gasteiger charge is 2.22. The number of aromatic nitrogens is 4. The van der Waals surface area contributed by atoms with Gasteiger partial charge in [0.1, 0.15) is 17.3 Å². The van der Waals surface area contributed by atoms with E-state index in [4.69, 9.17) is 0 Å². The first kappa shape index (κ1) is 19.9. The lowest BCUT2D eigenvalue weighted by Crippen LogP contribution is -2.37. The van der Waals surface area contributed by atoms with Crippen molar-refractivity contribution >= 4 is 28.1 Å². The smallest absolute Gasteiger partial charge is 0.266 e. The molecule has 6 nitrogen and oxygen atoms in total. The van der Waals surface area contributed by atoms with Crippen LogP contribution >= 0.6 is 11.3 Å². The molecule has 4 aromatic rings. The van der Waals surface area contributed by atoms with Crippen molar-refractivity contribution in [2.45, 2.75) is 33.2 Å². The van der Waals surface area contributed by atoms with Crippen molar-refractivity contribution < 1.29 is 4.39 Å². The molecule has 1 N–H and O–H groups in total. The standard InChI is InChI=1S/C23H24FN5OS/c1-14-23(31-15(2)25-14)19-5-6-22(30)29(27-19)13-16-7-9-28(10-8-16)21-11-17-3-4-18(24)12-20(17)26-21/h3-6,11-12,16,26H,7-10,13H2,1-2H3. The molecule has 0 saturated carbocycles. The molecule has 0 aliphatic carbocycles. The lowest BCUT2D eigenvalue weighted by atomic mass is 9.97. The number of halogens is 1. The second kappa shape index (κ2) is 7.92. The zero-order chi connectivity index (χ0) is 21.5. The molecule has 0 unspecified atom stereocenters. The highest BCUT2D eigenvalue weighted by atomic mass is 32.1. The van der Waals surface area contributed by atoms with Crippen LogP contribution in [0.15, 0.2) is 41.2 Å². The van der Waals surface area contributed by atoms with Crippen molar-refractivity contribution in [1.29, 1.82) is 0 Å². The molecule has 1 aliphatic rings. The Balaban J connectivity index is 1.28. The van der Waals surface area contributed by atoms with Gasteiger partial charge in [0, 0.05) is 36.6 Å². The van der Waals surface area contributed by atoms with Gasteiger partial charge in [0.05, 0.1) is 15.6 Å². The van der Waals surface area contributed by atoms with Gasteiger partial charge >= 0.3 is 0 Å². The number of rotatable bonds is 4. The maximum absolute atomic E-state index is 13.5. The second-order valence-corrected chi connectivity index (χ2v) is 9.41. The molecule has 31 heavy (non-hydrogen) atoms. The minimum atomic E-state index is -0.233. The fourth-order valence-electron chi connectivity index (χ4n) is 4.33. The Bertz CT molecular complexity index is 1300. The van der Waals surface area contributed by atoms with Crippen LogP contribution in [0.2, 0.25) is 0 Å². The first-order chi connectivity index (χ1) is 15.0. The largest absolute Gasteiger partial charge is 0.358 e. The topological polar surface area (TPSA) is 66.8 Å². The molecule has 8 heteroatoms. The minimum Gasteiger partial charge on any atom is -0.358 e. The van der Waals surface area contributed by atoms with Gasteiger partial charge in [-0.3, -0.25) is 4.79 Å². The summed E-state index contributed by atoms with van der Waals surface area (Å²) in [6.45, 7) is 6.36. The zero-order valence-electron chi connectivity index (χ0n) is 17.6. The number of thiazole rings is 1. The summed E-state index contributed by atoms with van der Waals surface area (Å²) in [7, 11) is 0. The molecule has 1 saturated heterocycles. The summed E-state index contributed by atoms with van der Waals surface area (Å²) in [5, 5.41) is 6.66. The summed E-state index contributed by atoms with van der Waals surface area (Å²) >= 11 is 1.61. The number of anilines is 1. The summed E-state index contributed by atoms with van der Waals surface area (Å²) in [5.74, 6) is 1.18. The molecule has 4 heterocycles. The Hall–Kier alpha value is -3.00. The third kappa shape index (κ3) is 3.99. The number of fused-ring (bicyclic) bond motifs is 1. The number of benzene rings is 1. The molecule has 0 radical (unpaired) electrons. The summed E-state index contributed by atoms with van der Waals surface area (Å²) in [4.78, 5) is 23.5. The molecule has 0 amide bonds. The molecular formula is C23H24FN5OS. The van der Waals surface area contributed by atoms with Gasteiger partial charge in [0.2, 0.25) is 0 Å². The van der Waals surface area contributed by atoms with Crippen molar-refractivity contribution in [2.24, 2.45) is 5.92 Å². The van der Waals surface area contributed by atoms with Crippen LogP contribution in [0, 0.1) is 25.6 Å². The number of aryl methyl sites for hydroxylation is 2. The molecule has 1 aromatic carbocycles. The van der Waals surface area contributed by atoms with Crippen LogP contribution < -0.4 is 10.5 Å². The molecule has 0 bridgehead atoms. The third-order valence-corrected chi connectivity index (χ3v) is 7.05. The fourth-order valence-corrected chi connectivity index (χ4v) is 5.21. The van der Waals surface area contributed by atoms with E-state index in [1.54, 1.807) is 34.2 Å². The van der Waals surface area contributed by atoms with Gasteiger partial charge in [0.25, 0.3) is 5.56 Å². The quantitative estimate of drug-likeness (QED) is 0.510. The van der Waals surface area contributed by atoms with Crippen molar-refractivity contribution in [3.8, 4) is 10.6 Å². The number of H-pyrrole nitrogens is 1. The molecule has 5 rings (SSSR count). The van der Waals surface area contributed by atoms with E-state index in [2.05, 4.69) is 26.0 Å². The molecule has 1 fully saturated rings. The maximum Gasteiger partial charge on any atom is 0.266 e. The van der Waals surface area contributed by atoms with E-state index in [0.717, 1.165) is 63.9 Å². The first-order valence-electron chi connectivity index (χ1n) is 10.5. The van der Waals surface area contributed by atoms with E-state index in [0.29, 0.717) is 12.5 Å². The van der Waals surface area contributed by atoms with Gasteiger partial charge in [-0.2, -0.15) is 5.10 Å². The second-order valence-electron chi connectivity index (χ2n) is 8.20. The molecule has 160 valence electrons. The minimum absolute atomic E-state index is 0.0669. The zero-order valence-corrected chi connectivity index (χ0v) is 18.4. The van der Waals surface area contributed by atoms with Crippen molar-refractivity contribution in [1.82, 2.24) is 19.7 Å². The number of hydrogen-bond acceptors (Lipinski definition) is 5. The van der Waals surface area contributed by atoms with E-state index in [-0.39, 0.29) is 11.4 Å². The van der Waals surface area contributed by atoms with Gasteiger partial charge in [0.15, 0.2) is 0 Å². The van der Waals surface area contributed by atoms with Crippen LogP contribution in [-0.2, 0) is 6.54 Å². The predicted molar refractivity (Wildman–Crippen MR) is 122 cm³/mol. The van der Waals surface area contributed by atoms with Gasteiger partial charge in [-0.05, 0) is 62.9 Å². The van der Waals surface area contributed by atoms with Crippen LogP contribution in [0.25, 0.3) is 21.5 Å². The molecule has 0 spiro atoms. The SMILES string of the molecule is Cc1nc(C)c(-c2ccc(=O)n(CC3CCN(c4cc5ccc(F)cc5[nH]4)CC3)n2)s1. The third-order valence-electron chi connectivity index (χ3n) is 5.96. The highest BCUT2D eigenvalue weighted by molar-refractivity contribution is 7.15. The number of hydrogen-bond donors (Lipinski definition) is 1. The predicted octanol–water partition coefficient (Wildman–Crippen LogP) is 4.52. The van der Waals surface area contributed by atoms with Gasteiger partial charge < -0.3 is 9.88 Å². The van der Waals surface area contributed by atoms with Crippen molar-refractivity contribution in [3.05, 3.63) is 63.3 Å². The molecule has 1 aliphatic heterocycles. The summed E-state index contributed by atoms with van der Waals surface area (Å²) in [6, 6.07) is 10.3. The van der Waals surface area contributed by atoms with Crippen LogP contribution in [0.3, 0.4) is 0 Å².